The molecule has 1 heterocycles. The molecule has 0 radical (unpaired) electrons. The van der Waals surface area contributed by atoms with E-state index >= 15 is 0 Å². The van der Waals surface area contributed by atoms with Gasteiger partial charge >= 0.3 is 0 Å². The number of rotatable bonds is 7. The lowest BCUT2D eigenvalue weighted by Crippen LogP contribution is -2.41. The van der Waals surface area contributed by atoms with Crippen LogP contribution in [0.25, 0.3) is 0 Å². The van der Waals surface area contributed by atoms with Gasteiger partial charge in [0, 0.05) is 18.1 Å². The average Bonchev–Trinajstić information content (AvgIpc) is 2.61. The molecule has 0 aromatic heterocycles. The summed E-state index contributed by atoms with van der Waals surface area (Å²) in [5.41, 5.74) is 0. The van der Waals surface area contributed by atoms with E-state index in [0.29, 0.717) is 30.5 Å². The van der Waals surface area contributed by atoms with Gasteiger partial charge in [0.2, 0.25) is 0 Å². The van der Waals surface area contributed by atoms with E-state index in [0.717, 1.165) is 11.5 Å². The van der Waals surface area contributed by atoms with E-state index in [1.807, 2.05) is 24.3 Å². The molecule has 1 aliphatic rings. The van der Waals surface area contributed by atoms with Crippen molar-refractivity contribution in [3.05, 3.63) is 53.6 Å². The number of halogens is 1. The Morgan fingerprint density at radius 3 is 2.71 bits per heavy atom. The van der Waals surface area contributed by atoms with Crippen LogP contribution in [-0.2, 0) is 0 Å². The van der Waals surface area contributed by atoms with Crippen LogP contribution < -0.4 is 19.5 Å². The lowest BCUT2D eigenvalue weighted by molar-refractivity contribution is 0.0778. The second kappa shape index (κ2) is 8.24. The summed E-state index contributed by atoms with van der Waals surface area (Å²) in [5, 5.41) is 13.8. The first-order valence-electron chi connectivity index (χ1n) is 7.86. The fourth-order valence-corrected chi connectivity index (χ4v) is 2.48. The van der Waals surface area contributed by atoms with Gasteiger partial charge in [-0.3, -0.25) is 0 Å². The van der Waals surface area contributed by atoms with Crippen LogP contribution in [0.5, 0.6) is 17.2 Å². The van der Waals surface area contributed by atoms with Gasteiger partial charge in [-0.1, -0.05) is 23.7 Å². The molecule has 0 unspecified atom stereocenters. The summed E-state index contributed by atoms with van der Waals surface area (Å²) in [6, 6.07) is 14.6. The summed E-state index contributed by atoms with van der Waals surface area (Å²) in [6.45, 7) is 1.70. The van der Waals surface area contributed by atoms with Crippen LogP contribution in [0.15, 0.2) is 48.5 Å². The predicted molar refractivity (Wildman–Crippen MR) is 92.2 cm³/mol. The number of hydrogen-bond donors (Lipinski definition) is 2. The van der Waals surface area contributed by atoms with Crippen LogP contribution in [0, 0.1) is 0 Å². The molecule has 2 aromatic rings. The van der Waals surface area contributed by atoms with Gasteiger partial charge in [-0.25, -0.2) is 0 Å². The van der Waals surface area contributed by atoms with Crippen LogP contribution in [0.1, 0.15) is 0 Å². The highest BCUT2D eigenvalue weighted by Gasteiger charge is 2.20. The highest BCUT2D eigenvalue weighted by Crippen LogP contribution is 2.30. The maximum atomic E-state index is 9.97. The first-order chi connectivity index (χ1) is 11.7. The Bertz CT molecular complexity index is 650. The number of hydrogen-bond acceptors (Lipinski definition) is 5. The highest BCUT2D eigenvalue weighted by atomic mass is 35.5. The van der Waals surface area contributed by atoms with Crippen molar-refractivity contribution in [3.63, 3.8) is 0 Å². The summed E-state index contributed by atoms with van der Waals surface area (Å²) in [7, 11) is 0. The van der Waals surface area contributed by atoms with E-state index in [2.05, 4.69) is 5.32 Å². The number of aliphatic hydroxyl groups excluding tert-OH is 1. The molecular formula is C18H20ClNO4. The normalized spacial score (nSPS) is 17.3. The van der Waals surface area contributed by atoms with Gasteiger partial charge in [0.1, 0.15) is 31.2 Å². The van der Waals surface area contributed by atoms with E-state index in [1.165, 1.54) is 0 Å². The third-order valence-corrected chi connectivity index (χ3v) is 3.83. The second-order valence-corrected chi connectivity index (χ2v) is 6.01. The van der Waals surface area contributed by atoms with Crippen molar-refractivity contribution < 1.29 is 19.3 Å². The Morgan fingerprint density at radius 2 is 1.92 bits per heavy atom. The molecular weight excluding hydrogens is 330 g/mol. The fourth-order valence-electron chi connectivity index (χ4n) is 2.36. The van der Waals surface area contributed by atoms with E-state index in [-0.39, 0.29) is 12.7 Å². The maximum absolute atomic E-state index is 9.97. The molecule has 0 saturated heterocycles. The Kier molecular flexibility index (Phi) is 5.80. The predicted octanol–water partition coefficient (Wildman–Crippen LogP) is 2.51. The summed E-state index contributed by atoms with van der Waals surface area (Å²) < 4.78 is 17.0. The second-order valence-electron chi connectivity index (χ2n) is 5.57. The molecule has 3 rings (SSSR count). The maximum Gasteiger partial charge on any atom is 0.161 e. The van der Waals surface area contributed by atoms with E-state index < -0.39 is 6.10 Å². The molecule has 1 aliphatic heterocycles. The third-order valence-electron chi connectivity index (χ3n) is 3.58. The minimum atomic E-state index is -0.613. The number of benzene rings is 2. The first-order valence-corrected chi connectivity index (χ1v) is 8.24. The molecule has 24 heavy (non-hydrogen) atoms. The zero-order valence-corrected chi connectivity index (χ0v) is 13.9. The Balaban J connectivity index is 1.35. The monoisotopic (exact) mass is 349 g/mol. The topological polar surface area (TPSA) is 60.0 Å². The van der Waals surface area contributed by atoms with Crippen molar-refractivity contribution in [1.82, 2.24) is 5.32 Å². The zero-order chi connectivity index (χ0) is 16.8. The van der Waals surface area contributed by atoms with E-state index in [1.54, 1.807) is 24.3 Å². The highest BCUT2D eigenvalue weighted by molar-refractivity contribution is 6.30. The van der Waals surface area contributed by atoms with E-state index in [9.17, 15) is 5.11 Å². The van der Waals surface area contributed by atoms with Crippen molar-refractivity contribution in [1.29, 1.82) is 0 Å². The van der Waals surface area contributed by atoms with Crippen molar-refractivity contribution in [3.8, 4) is 17.2 Å². The van der Waals surface area contributed by atoms with Crippen LogP contribution in [-0.4, -0.2) is 43.6 Å². The Hall–Kier alpha value is -1.95. The molecule has 5 nitrogen and oxygen atoms in total. The van der Waals surface area contributed by atoms with Gasteiger partial charge in [-0.15, -0.1) is 0 Å². The Labute approximate surface area is 146 Å². The first kappa shape index (κ1) is 16.9. The molecule has 0 amide bonds. The molecule has 0 aliphatic carbocycles. The summed E-state index contributed by atoms with van der Waals surface area (Å²) in [6.07, 6.45) is -0.693. The smallest absolute Gasteiger partial charge is 0.161 e. The van der Waals surface area contributed by atoms with Gasteiger partial charge in [-0.05, 0) is 36.4 Å². The van der Waals surface area contributed by atoms with Crippen LogP contribution >= 0.6 is 11.6 Å². The van der Waals surface area contributed by atoms with Gasteiger partial charge in [0.25, 0.3) is 0 Å². The molecule has 2 N–H and O–H groups in total. The van der Waals surface area contributed by atoms with Gasteiger partial charge < -0.3 is 24.6 Å². The molecule has 2 aromatic carbocycles. The van der Waals surface area contributed by atoms with Crippen LogP contribution in [0.3, 0.4) is 0 Å². The van der Waals surface area contributed by atoms with Gasteiger partial charge in [-0.2, -0.15) is 0 Å². The van der Waals surface area contributed by atoms with Gasteiger partial charge in [0.05, 0.1) is 0 Å². The summed E-state index contributed by atoms with van der Waals surface area (Å²) in [5.74, 6) is 2.20. The van der Waals surface area contributed by atoms with E-state index in [4.69, 9.17) is 25.8 Å². The largest absolute Gasteiger partial charge is 0.491 e. The van der Waals surface area contributed by atoms with Gasteiger partial charge in [0.15, 0.2) is 11.5 Å². The van der Waals surface area contributed by atoms with Crippen molar-refractivity contribution in [2.24, 2.45) is 0 Å². The number of nitrogens with one attached hydrogen (secondary N) is 1. The standard InChI is InChI=1S/C18H20ClNO4/c19-13-5-7-15(8-6-13)22-11-14(21)9-20-10-16-12-23-17-3-1-2-4-18(17)24-16/h1-8,14,16,20-21H,9-12H2/t14-,16-/m0/s1. The molecule has 0 bridgehead atoms. The number of fused-ring (bicyclic) bond motifs is 1. The molecule has 0 spiro atoms. The number of aliphatic hydroxyl groups is 1. The molecule has 6 heteroatoms. The van der Waals surface area contributed by atoms with Crippen LogP contribution in [0.4, 0.5) is 0 Å². The number of ether oxygens (including phenoxy) is 3. The lowest BCUT2D eigenvalue weighted by Gasteiger charge is -2.27. The molecule has 128 valence electrons. The summed E-state index contributed by atoms with van der Waals surface area (Å²) in [4.78, 5) is 0. The number of para-hydroxylation sites is 2. The minimum Gasteiger partial charge on any atom is -0.491 e. The van der Waals surface area contributed by atoms with Crippen molar-refractivity contribution in [2.75, 3.05) is 26.3 Å². The minimum absolute atomic E-state index is 0.0794. The molecule has 0 saturated carbocycles. The third kappa shape index (κ3) is 4.77. The SMILES string of the molecule is O[C@@H](CNC[C@H]1COc2ccccc2O1)COc1ccc(Cl)cc1. The quantitative estimate of drug-likeness (QED) is 0.804. The fraction of sp³-hybridized carbons (Fsp3) is 0.333. The van der Waals surface area contributed by atoms with Crippen molar-refractivity contribution in [2.45, 2.75) is 12.2 Å². The average molecular weight is 350 g/mol. The zero-order valence-electron chi connectivity index (χ0n) is 13.2. The molecule has 2 atom stereocenters. The van der Waals surface area contributed by atoms with Crippen LogP contribution in [0.2, 0.25) is 5.02 Å². The lowest BCUT2D eigenvalue weighted by atomic mass is 10.2. The molecule has 0 fully saturated rings. The Morgan fingerprint density at radius 1 is 1.17 bits per heavy atom. The van der Waals surface area contributed by atoms with Crippen molar-refractivity contribution >= 4 is 11.6 Å². The summed E-state index contributed by atoms with van der Waals surface area (Å²) >= 11 is 5.81.